The van der Waals surface area contributed by atoms with Gasteiger partial charge < -0.3 is 19.5 Å². The van der Waals surface area contributed by atoms with Gasteiger partial charge >= 0.3 is 0 Å². The second-order valence-electron chi connectivity index (χ2n) is 6.96. The lowest BCUT2D eigenvalue weighted by Gasteiger charge is -2.21. The maximum absolute atomic E-state index is 12.7. The van der Waals surface area contributed by atoms with Gasteiger partial charge in [-0.2, -0.15) is 0 Å². The number of rotatable bonds is 5. The van der Waals surface area contributed by atoms with Crippen LogP contribution in [0.15, 0.2) is 22.7 Å². The van der Waals surface area contributed by atoms with E-state index in [0.717, 1.165) is 17.0 Å². The van der Waals surface area contributed by atoms with Gasteiger partial charge in [0.25, 0.3) is 5.91 Å². The SMILES string of the molecule is COc1cc(Cl)ccc1C(=O)NC1CCC(=O)N(Cc2c(C)noc2C)CC1. The molecule has 0 saturated carbocycles. The lowest BCUT2D eigenvalue weighted by atomic mass is 10.1. The molecular formula is C20H24ClN3O4. The maximum Gasteiger partial charge on any atom is 0.255 e. The highest BCUT2D eigenvalue weighted by Crippen LogP contribution is 2.24. The Kier molecular flexibility index (Phi) is 6.24. The summed E-state index contributed by atoms with van der Waals surface area (Å²) in [7, 11) is 1.50. The van der Waals surface area contributed by atoms with Gasteiger partial charge in [0.15, 0.2) is 0 Å². The van der Waals surface area contributed by atoms with Crippen molar-refractivity contribution >= 4 is 23.4 Å². The number of halogens is 1. The Balaban J connectivity index is 1.65. The molecule has 0 spiro atoms. The molecule has 1 aliphatic rings. The van der Waals surface area contributed by atoms with Crippen LogP contribution in [-0.4, -0.2) is 41.6 Å². The van der Waals surface area contributed by atoms with Crippen molar-refractivity contribution < 1.29 is 18.8 Å². The van der Waals surface area contributed by atoms with Crippen LogP contribution < -0.4 is 10.1 Å². The standard InChI is InChI=1S/C20H24ClN3O4/c1-12-17(13(2)28-23-12)11-24-9-8-15(5-7-19(24)25)22-20(26)16-6-4-14(21)10-18(16)27-3/h4,6,10,15H,5,7-9,11H2,1-3H3,(H,22,26). The number of carbonyl (C=O) groups excluding carboxylic acids is 2. The summed E-state index contributed by atoms with van der Waals surface area (Å²) in [5, 5.41) is 7.47. The fourth-order valence-electron chi connectivity index (χ4n) is 3.38. The summed E-state index contributed by atoms with van der Waals surface area (Å²) < 4.78 is 10.4. The summed E-state index contributed by atoms with van der Waals surface area (Å²) in [6.07, 6.45) is 1.65. The van der Waals surface area contributed by atoms with Crippen molar-refractivity contribution in [3.05, 3.63) is 45.8 Å². The summed E-state index contributed by atoms with van der Waals surface area (Å²) in [6, 6.07) is 4.81. The van der Waals surface area contributed by atoms with Gasteiger partial charge in [-0.3, -0.25) is 9.59 Å². The first-order valence-corrected chi connectivity index (χ1v) is 9.60. The van der Waals surface area contributed by atoms with Crippen molar-refractivity contribution in [1.82, 2.24) is 15.4 Å². The van der Waals surface area contributed by atoms with E-state index in [4.69, 9.17) is 20.9 Å². The molecule has 1 aromatic carbocycles. The zero-order valence-corrected chi connectivity index (χ0v) is 17.0. The smallest absolute Gasteiger partial charge is 0.255 e. The maximum atomic E-state index is 12.7. The van der Waals surface area contributed by atoms with Crippen LogP contribution in [0.4, 0.5) is 0 Å². The number of carbonyl (C=O) groups is 2. The molecule has 1 atom stereocenters. The third-order valence-electron chi connectivity index (χ3n) is 5.08. The zero-order chi connectivity index (χ0) is 20.3. The summed E-state index contributed by atoms with van der Waals surface area (Å²) in [5.74, 6) is 0.995. The molecule has 28 heavy (non-hydrogen) atoms. The van der Waals surface area contributed by atoms with E-state index in [-0.39, 0.29) is 17.9 Å². The zero-order valence-electron chi connectivity index (χ0n) is 16.3. The Morgan fingerprint density at radius 3 is 2.86 bits per heavy atom. The van der Waals surface area contributed by atoms with Crippen LogP contribution in [0, 0.1) is 13.8 Å². The van der Waals surface area contributed by atoms with E-state index in [1.165, 1.54) is 7.11 Å². The number of hydrogen-bond acceptors (Lipinski definition) is 5. The molecule has 8 heteroatoms. The number of likely N-dealkylation sites (tertiary alicyclic amines) is 1. The molecule has 3 rings (SSSR count). The molecule has 2 aromatic rings. The molecule has 1 unspecified atom stereocenters. The molecule has 1 aromatic heterocycles. The molecule has 2 heterocycles. The van der Waals surface area contributed by atoms with Gasteiger partial charge in [0.2, 0.25) is 5.91 Å². The monoisotopic (exact) mass is 405 g/mol. The summed E-state index contributed by atoms with van der Waals surface area (Å²) in [4.78, 5) is 27.0. The van der Waals surface area contributed by atoms with Crippen molar-refractivity contribution in [1.29, 1.82) is 0 Å². The quantitative estimate of drug-likeness (QED) is 0.825. The highest BCUT2D eigenvalue weighted by atomic mass is 35.5. The van der Waals surface area contributed by atoms with Crippen LogP contribution in [0.5, 0.6) is 5.75 Å². The van der Waals surface area contributed by atoms with Gasteiger partial charge in [-0.15, -0.1) is 0 Å². The molecular weight excluding hydrogens is 382 g/mol. The minimum absolute atomic E-state index is 0.0702. The third-order valence-corrected chi connectivity index (χ3v) is 5.32. The Labute approximate surface area is 169 Å². The number of methoxy groups -OCH3 is 1. The number of nitrogens with zero attached hydrogens (tertiary/aromatic N) is 2. The second kappa shape index (κ2) is 8.65. The van der Waals surface area contributed by atoms with Crippen molar-refractivity contribution in [2.24, 2.45) is 0 Å². The van der Waals surface area contributed by atoms with Gasteiger partial charge in [-0.1, -0.05) is 16.8 Å². The predicted octanol–water partition coefficient (Wildman–Crippen LogP) is 3.26. The Morgan fingerprint density at radius 2 is 2.18 bits per heavy atom. The molecule has 0 aliphatic carbocycles. The fourth-order valence-corrected chi connectivity index (χ4v) is 3.54. The van der Waals surface area contributed by atoms with E-state index in [2.05, 4.69) is 10.5 Å². The van der Waals surface area contributed by atoms with Crippen molar-refractivity contribution in [2.75, 3.05) is 13.7 Å². The molecule has 7 nitrogen and oxygen atoms in total. The first kappa shape index (κ1) is 20.2. The van der Waals surface area contributed by atoms with Crippen LogP contribution >= 0.6 is 11.6 Å². The minimum atomic E-state index is -0.231. The molecule has 2 amide bonds. The van der Waals surface area contributed by atoms with Crippen LogP contribution in [0.1, 0.15) is 46.6 Å². The van der Waals surface area contributed by atoms with Gasteiger partial charge in [0, 0.05) is 29.6 Å². The number of benzene rings is 1. The Bertz CT molecular complexity index is 861. The minimum Gasteiger partial charge on any atom is -0.496 e. The van der Waals surface area contributed by atoms with Crippen LogP contribution in [-0.2, 0) is 11.3 Å². The summed E-state index contributed by atoms with van der Waals surface area (Å²) >= 11 is 5.96. The molecule has 1 saturated heterocycles. The van der Waals surface area contributed by atoms with Crippen molar-refractivity contribution in [3.63, 3.8) is 0 Å². The number of ether oxygens (including phenoxy) is 1. The second-order valence-corrected chi connectivity index (χ2v) is 7.40. The molecule has 0 radical (unpaired) electrons. The molecule has 0 bridgehead atoms. The first-order chi connectivity index (χ1) is 13.4. The van der Waals surface area contributed by atoms with E-state index in [0.29, 0.717) is 48.7 Å². The number of aromatic nitrogens is 1. The van der Waals surface area contributed by atoms with E-state index in [9.17, 15) is 9.59 Å². The van der Waals surface area contributed by atoms with E-state index in [1.807, 2.05) is 18.7 Å². The number of nitrogens with one attached hydrogen (secondary N) is 1. The third kappa shape index (κ3) is 4.47. The molecule has 1 aliphatic heterocycles. The van der Waals surface area contributed by atoms with Crippen LogP contribution in [0.3, 0.4) is 0 Å². The molecule has 1 fully saturated rings. The molecule has 1 N–H and O–H groups in total. The summed E-state index contributed by atoms with van der Waals surface area (Å²) in [6.45, 7) is 4.76. The highest BCUT2D eigenvalue weighted by Gasteiger charge is 2.26. The largest absolute Gasteiger partial charge is 0.496 e. The van der Waals surface area contributed by atoms with E-state index < -0.39 is 0 Å². The van der Waals surface area contributed by atoms with Crippen LogP contribution in [0.2, 0.25) is 5.02 Å². The highest BCUT2D eigenvalue weighted by molar-refractivity contribution is 6.30. The normalized spacial score (nSPS) is 17.4. The molecule has 150 valence electrons. The number of amides is 2. The predicted molar refractivity (Wildman–Crippen MR) is 105 cm³/mol. The number of hydrogen-bond donors (Lipinski definition) is 1. The lowest BCUT2D eigenvalue weighted by molar-refractivity contribution is -0.131. The van der Waals surface area contributed by atoms with Crippen molar-refractivity contribution in [3.8, 4) is 5.75 Å². The van der Waals surface area contributed by atoms with Crippen LogP contribution in [0.25, 0.3) is 0 Å². The van der Waals surface area contributed by atoms with Crippen molar-refractivity contribution in [2.45, 2.75) is 45.7 Å². The first-order valence-electron chi connectivity index (χ1n) is 9.23. The topological polar surface area (TPSA) is 84.7 Å². The number of aryl methyl sites for hydroxylation is 2. The van der Waals surface area contributed by atoms with Gasteiger partial charge in [-0.05, 0) is 44.9 Å². The Hall–Kier alpha value is -2.54. The van der Waals surface area contributed by atoms with E-state index in [1.54, 1.807) is 18.2 Å². The Morgan fingerprint density at radius 1 is 1.39 bits per heavy atom. The fraction of sp³-hybridized carbons (Fsp3) is 0.450. The van der Waals surface area contributed by atoms with Gasteiger partial charge in [-0.25, -0.2) is 0 Å². The summed E-state index contributed by atoms with van der Waals surface area (Å²) in [5.41, 5.74) is 2.17. The van der Waals surface area contributed by atoms with E-state index >= 15 is 0 Å². The average molecular weight is 406 g/mol. The van der Waals surface area contributed by atoms with Gasteiger partial charge in [0.1, 0.15) is 11.5 Å². The average Bonchev–Trinajstić information content (AvgIpc) is 2.88. The van der Waals surface area contributed by atoms with Gasteiger partial charge in [0.05, 0.1) is 24.9 Å². The lowest BCUT2D eigenvalue weighted by Crippen LogP contribution is -2.36.